The van der Waals surface area contributed by atoms with Crippen LogP contribution >= 0.6 is 0 Å². The molecule has 0 aromatic carbocycles. The number of aliphatic hydroxyl groups is 1. The second kappa shape index (κ2) is 5.60. The Balaban J connectivity index is 2.34. The number of aryl methyl sites for hydroxylation is 2. The number of rotatable bonds is 4. The molecule has 1 aliphatic rings. The predicted octanol–water partition coefficient (Wildman–Crippen LogP) is 0.747. The monoisotopic (exact) mass is 287 g/mol. The van der Waals surface area contributed by atoms with Gasteiger partial charge in [0.2, 0.25) is 0 Å². The van der Waals surface area contributed by atoms with E-state index in [1.54, 1.807) is 13.1 Å². The molecule has 0 bridgehead atoms. The van der Waals surface area contributed by atoms with E-state index in [1.165, 1.54) is 4.31 Å². The lowest BCUT2D eigenvalue weighted by atomic mass is 10.1. The number of aromatic nitrogens is 2. The van der Waals surface area contributed by atoms with Gasteiger partial charge in [0.1, 0.15) is 5.82 Å². The average Bonchev–Trinajstić information content (AvgIpc) is 2.80. The van der Waals surface area contributed by atoms with Gasteiger partial charge in [-0.25, -0.2) is 13.4 Å². The summed E-state index contributed by atoms with van der Waals surface area (Å²) < 4.78 is 28.4. The zero-order valence-electron chi connectivity index (χ0n) is 11.4. The first-order chi connectivity index (χ1) is 9.00. The van der Waals surface area contributed by atoms with E-state index in [1.807, 2.05) is 11.5 Å². The molecule has 0 radical (unpaired) electrons. The predicted molar refractivity (Wildman–Crippen MR) is 71.3 cm³/mol. The summed E-state index contributed by atoms with van der Waals surface area (Å²) in [5, 5.41) is 9.44. The van der Waals surface area contributed by atoms with E-state index in [2.05, 4.69) is 4.98 Å². The second-order valence-electron chi connectivity index (χ2n) is 4.86. The summed E-state index contributed by atoms with van der Waals surface area (Å²) in [4.78, 5) is 4.15. The van der Waals surface area contributed by atoms with Gasteiger partial charge in [-0.3, -0.25) is 0 Å². The summed E-state index contributed by atoms with van der Waals surface area (Å²) >= 11 is 0. The largest absolute Gasteiger partial charge is 0.395 e. The number of hydrogen-bond donors (Lipinski definition) is 1. The van der Waals surface area contributed by atoms with E-state index in [9.17, 15) is 13.5 Å². The molecule has 6 nitrogen and oxygen atoms in total. The minimum absolute atomic E-state index is 0.0900. The molecule has 2 rings (SSSR count). The minimum atomic E-state index is -3.59. The van der Waals surface area contributed by atoms with E-state index in [4.69, 9.17) is 0 Å². The van der Waals surface area contributed by atoms with Gasteiger partial charge in [-0.1, -0.05) is 6.42 Å². The van der Waals surface area contributed by atoms with Crippen LogP contribution in [0.5, 0.6) is 0 Å². The highest BCUT2D eigenvalue weighted by Gasteiger charge is 2.34. The SMILES string of the molecule is CCn1cc(S(=O)(=O)N2CCCCC2CO)nc1C. The fourth-order valence-corrected chi connectivity index (χ4v) is 4.20. The summed E-state index contributed by atoms with van der Waals surface area (Å²) in [6.45, 7) is 4.76. The van der Waals surface area contributed by atoms with Crippen molar-refractivity contribution in [1.82, 2.24) is 13.9 Å². The van der Waals surface area contributed by atoms with Gasteiger partial charge in [0, 0.05) is 25.3 Å². The van der Waals surface area contributed by atoms with Gasteiger partial charge in [0.25, 0.3) is 10.0 Å². The lowest BCUT2D eigenvalue weighted by Crippen LogP contribution is -2.45. The van der Waals surface area contributed by atoms with Crippen LogP contribution in [0, 0.1) is 6.92 Å². The number of piperidine rings is 1. The Kier molecular flexibility index (Phi) is 4.27. The standard InChI is InChI=1S/C12H21N3O3S/c1-3-14-8-12(13-10(14)2)19(17,18)15-7-5-4-6-11(15)9-16/h8,11,16H,3-7,9H2,1-2H3. The number of nitrogens with zero attached hydrogens (tertiary/aromatic N) is 3. The van der Waals surface area contributed by atoms with Crippen molar-refractivity contribution >= 4 is 10.0 Å². The smallest absolute Gasteiger partial charge is 0.262 e. The third kappa shape index (κ3) is 2.68. The van der Waals surface area contributed by atoms with Gasteiger partial charge in [-0.15, -0.1) is 0 Å². The van der Waals surface area contributed by atoms with Crippen molar-refractivity contribution in [2.45, 2.75) is 50.7 Å². The highest BCUT2D eigenvalue weighted by atomic mass is 32.2. The molecule has 1 aliphatic heterocycles. The molecule has 1 N–H and O–H groups in total. The Labute approximate surface area is 114 Å². The second-order valence-corrected chi connectivity index (χ2v) is 6.70. The van der Waals surface area contributed by atoms with Crippen molar-refractivity contribution in [2.75, 3.05) is 13.2 Å². The molecule has 0 amide bonds. The third-order valence-corrected chi connectivity index (χ3v) is 5.47. The molecule has 0 aliphatic carbocycles. The molecule has 108 valence electrons. The summed E-state index contributed by atoms with van der Waals surface area (Å²) in [7, 11) is -3.59. The minimum Gasteiger partial charge on any atom is -0.395 e. The maximum Gasteiger partial charge on any atom is 0.262 e. The van der Waals surface area contributed by atoms with Gasteiger partial charge < -0.3 is 9.67 Å². The van der Waals surface area contributed by atoms with Crippen molar-refractivity contribution < 1.29 is 13.5 Å². The maximum atomic E-state index is 12.6. The Bertz CT molecular complexity index is 538. The van der Waals surface area contributed by atoms with Crippen LogP contribution in [-0.2, 0) is 16.6 Å². The van der Waals surface area contributed by atoms with Gasteiger partial charge in [-0.2, -0.15) is 4.31 Å². The zero-order chi connectivity index (χ0) is 14.0. The number of sulfonamides is 1. The highest BCUT2D eigenvalue weighted by molar-refractivity contribution is 7.89. The first-order valence-corrected chi connectivity index (χ1v) is 8.11. The van der Waals surface area contributed by atoms with Gasteiger partial charge in [-0.05, 0) is 26.7 Å². The maximum absolute atomic E-state index is 12.6. The zero-order valence-corrected chi connectivity index (χ0v) is 12.2. The third-order valence-electron chi connectivity index (χ3n) is 3.65. The van der Waals surface area contributed by atoms with E-state index in [-0.39, 0.29) is 17.7 Å². The molecule has 1 fully saturated rings. The molecule has 7 heteroatoms. The van der Waals surface area contributed by atoms with Crippen LogP contribution in [0.2, 0.25) is 0 Å². The molecule has 0 spiro atoms. The number of imidazole rings is 1. The molecule has 1 atom stereocenters. The highest BCUT2D eigenvalue weighted by Crippen LogP contribution is 2.24. The molecule has 0 saturated carbocycles. The van der Waals surface area contributed by atoms with Crippen LogP contribution in [0.1, 0.15) is 32.0 Å². The molecule has 19 heavy (non-hydrogen) atoms. The molecule has 2 heterocycles. The lowest BCUT2D eigenvalue weighted by molar-refractivity contribution is 0.155. The molecule has 1 aromatic rings. The fraction of sp³-hybridized carbons (Fsp3) is 0.750. The van der Waals surface area contributed by atoms with E-state index in [0.29, 0.717) is 25.3 Å². The van der Waals surface area contributed by atoms with Crippen molar-refractivity contribution in [3.63, 3.8) is 0 Å². The fourth-order valence-electron chi connectivity index (χ4n) is 2.52. The van der Waals surface area contributed by atoms with Crippen LogP contribution in [0.3, 0.4) is 0 Å². The van der Waals surface area contributed by atoms with Gasteiger partial charge in [0.15, 0.2) is 5.03 Å². The van der Waals surface area contributed by atoms with E-state index >= 15 is 0 Å². The summed E-state index contributed by atoms with van der Waals surface area (Å²) in [5.41, 5.74) is 0. The van der Waals surface area contributed by atoms with Crippen molar-refractivity contribution in [3.05, 3.63) is 12.0 Å². The Hall–Kier alpha value is -0.920. The quantitative estimate of drug-likeness (QED) is 0.886. The topological polar surface area (TPSA) is 75.4 Å². The van der Waals surface area contributed by atoms with Crippen LogP contribution in [0.25, 0.3) is 0 Å². The first-order valence-electron chi connectivity index (χ1n) is 6.67. The molecular formula is C12H21N3O3S. The van der Waals surface area contributed by atoms with E-state index in [0.717, 1.165) is 12.8 Å². The van der Waals surface area contributed by atoms with Gasteiger partial charge >= 0.3 is 0 Å². The number of hydrogen-bond acceptors (Lipinski definition) is 4. The van der Waals surface area contributed by atoms with Crippen molar-refractivity contribution in [1.29, 1.82) is 0 Å². The molecule has 1 unspecified atom stereocenters. The van der Waals surface area contributed by atoms with Gasteiger partial charge in [0.05, 0.1) is 6.61 Å². The summed E-state index contributed by atoms with van der Waals surface area (Å²) in [6.07, 6.45) is 4.08. The Morgan fingerprint density at radius 3 is 2.79 bits per heavy atom. The number of aliphatic hydroxyl groups excluding tert-OH is 1. The Morgan fingerprint density at radius 2 is 2.21 bits per heavy atom. The van der Waals surface area contributed by atoms with Crippen molar-refractivity contribution in [3.8, 4) is 0 Å². The van der Waals surface area contributed by atoms with Crippen molar-refractivity contribution in [2.24, 2.45) is 0 Å². The van der Waals surface area contributed by atoms with Crippen LogP contribution in [0.4, 0.5) is 0 Å². The summed E-state index contributed by atoms with van der Waals surface area (Å²) in [6, 6.07) is -0.314. The van der Waals surface area contributed by atoms with E-state index < -0.39 is 10.0 Å². The molecular weight excluding hydrogens is 266 g/mol. The summed E-state index contributed by atoms with van der Waals surface area (Å²) in [5.74, 6) is 0.693. The Morgan fingerprint density at radius 1 is 1.47 bits per heavy atom. The molecule has 1 saturated heterocycles. The first kappa shape index (κ1) is 14.5. The average molecular weight is 287 g/mol. The van der Waals surface area contributed by atoms with Crippen LogP contribution < -0.4 is 0 Å². The molecule has 1 aromatic heterocycles. The van der Waals surface area contributed by atoms with Crippen LogP contribution in [0.15, 0.2) is 11.2 Å². The normalized spacial score (nSPS) is 21.7. The lowest BCUT2D eigenvalue weighted by Gasteiger charge is -2.32. The van der Waals surface area contributed by atoms with Crippen LogP contribution in [-0.4, -0.2) is 46.6 Å².